The molecule has 12 heteroatoms. The molecule has 0 bridgehead atoms. The fourth-order valence-electron chi connectivity index (χ4n) is 0. The third-order valence-electron chi connectivity index (χ3n) is 0.375. The molecular weight excluding hydrogens is 308 g/mol. The molecule has 113 valence electrons. The molecule has 18 heavy (non-hydrogen) atoms. The van der Waals surface area contributed by atoms with E-state index in [0.29, 0.717) is 0 Å². The molecule has 0 aromatic rings. The minimum absolute atomic E-state index is 0. The third-order valence-corrected chi connectivity index (χ3v) is 0.375. The molecule has 0 amide bonds. The fraction of sp³-hybridized carbons (Fsp3) is 1.00. The molecule has 0 aliphatic rings. The fourth-order valence-corrected chi connectivity index (χ4v) is 0. The standard InChI is InChI=1S/3C2H6N2.ClHO4.Cr/c3*3-1-2-4;2-1(3,4)5;/h3*3-4H,1-2H2;(H,2,3,4,5);/q3*-2;;+3. The molecule has 0 spiro atoms. The Balaban J connectivity index is -0.0000000412. The summed E-state index contributed by atoms with van der Waals surface area (Å²) in [6, 6.07) is 0. The zero-order valence-electron chi connectivity index (χ0n) is 9.70. The molecule has 0 aliphatic heterocycles. The van der Waals surface area contributed by atoms with Crippen LogP contribution in [0, 0.1) is 10.2 Å². The van der Waals surface area contributed by atoms with Gasteiger partial charge in [-0.2, -0.15) is 53.2 Å². The van der Waals surface area contributed by atoms with Crippen molar-refractivity contribution in [1.82, 2.24) is 0 Å². The van der Waals surface area contributed by atoms with Gasteiger partial charge in [-0.1, -0.05) is 0 Å². The summed E-state index contributed by atoms with van der Waals surface area (Å²) in [6.07, 6.45) is 0. The van der Waals surface area contributed by atoms with Crippen LogP contribution in [-0.4, -0.2) is 43.9 Å². The van der Waals surface area contributed by atoms with Crippen LogP contribution in [0.4, 0.5) is 0 Å². The molecule has 0 atom stereocenters. The summed E-state index contributed by atoms with van der Waals surface area (Å²) in [4.78, 5) is 0. The van der Waals surface area contributed by atoms with E-state index in [2.05, 4.69) is 0 Å². The molecule has 10 nitrogen and oxygen atoms in total. The maximum Gasteiger partial charge on any atom is 3.00 e. The summed E-state index contributed by atoms with van der Waals surface area (Å²) in [6.45, 7) is 1.42. The Morgan fingerprint density at radius 1 is 0.611 bits per heavy atom. The summed E-state index contributed by atoms with van der Waals surface area (Å²) in [5.41, 5.74) is 37.6. The van der Waals surface area contributed by atoms with Crippen molar-refractivity contribution in [2.75, 3.05) is 39.3 Å². The van der Waals surface area contributed by atoms with Crippen LogP contribution in [0.15, 0.2) is 0 Å². The smallest absolute Gasteiger partial charge is 0.679 e. The summed E-state index contributed by atoms with van der Waals surface area (Å²) < 4.78 is 32.7. The van der Waals surface area contributed by atoms with Gasteiger partial charge in [-0.3, -0.25) is 0 Å². The molecule has 0 aromatic carbocycles. The van der Waals surface area contributed by atoms with Crippen molar-refractivity contribution in [2.24, 2.45) is 0 Å². The van der Waals surface area contributed by atoms with Crippen LogP contribution in [-0.2, 0) is 17.4 Å². The van der Waals surface area contributed by atoms with Crippen LogP contribution < -0.4 is 14.0 Å². The molecule has 0 heterocycles. The van der Waals surface area contributed by atoms with Gasteiger partial charge in [0, 0.05) is 0 Å². The van der Waals surface area contributed by atoms with Gasteiger partial charge in [-0.25, -0.2) is 0 Å². The van der Waals surface area contributed by atoms with Crippen LogP contribution >= 0.6 is 0 Å². The summed E-state index contributed by atoms with van der Waals surface area (Å²) in [7, 11) is -4.69. The predicted octanol–water partition coefficient (Wildman–Crippen LogP) is -0.854. The Bertz CT molecular complexity index is 91.1. The Labute approximate surface area is 120 Å². The molecular formula is C6H19ClCrN6O4-3. The molecule has 0 fully saturated rings. The van der Waals surface area contributed by atoms with E-state index in [1.807, 2.05) is 0 Å². The first-order chi connectivity index (χ1) is 7.74. The number of rotatable bonds is 3. The third kappa shape index (κ3) is 333. The van der Waals surface area contributed by atoms with E-state index in [1.165, 1.54) is 0 Å². The van der Waals surface area contributed by atoms with Crippen LogP contribution in [0.5, 0.6) is 0 Å². The van der Waals surface area contributed by atoms with Gasteiger partial charge >= 0.3 is 17.4 Å². The van der Waals surface area contributed by atoms with Gasteiger partial charge in [0.25, 0.3) is 0 Å². The normalized spacial score (nSPS) is 8.33. The summed E-state index contributed by atoms with van der Waals surface area (Å²) in [5.74, 6) is 0. The molecule has 0 unspecified atom stereocenters. The van der Waals surface area contributed by atoms with E-state index in [4.69, 9.17) is 53.0 Å². The zero-order valence-corrected chi connectivity index (χ0v) is 11.7. The second-order valence-electron chi connectivity index (χ2n) is 1.90. The maximum absolute atomic E-state index is 8.60. The van der Waals surface area contributed by atoms with Crippen molar-refractivity contribution < 1.29 is 46.2 Å². The minimum Gasteiger partial charge on any atom is -0.679 e. The van der Waals surface area contributed by atoms with Gasteiger partial charge in [0.1, 0.15) is 0 Å². The van der Waals surface area contributed by atoms with Gasteiger partial charge in [0.15, 0.2) is 0 Å². The average Bonchev–Trinajstić information content (AvgIpc) is 2.27. The Kier molecular flexibility index (Phi) is 52.5. The molecule has 0 aromatic heterocycles. The van der Waals surface area contributed by atoms with E-state index in [9.17, 15) is 0 Å². The van der Waals surface area contributed by atoms with Crippen LogP contribution in [0.2, 0.25) is 0 Å². The summed E-state index contributed by atoms with van der Waals surface area (Å²) in [5, 5.41) is 0. The van der Waals surface area contributed by atoms with Gasteiger partial charge < -0.3 is 34.4 Å². The zero-order chi connectivity index (χ0) is 14.7. The van der Waals surface area contributed by atoms with Crippen molar-refractivity contribution in [3.05, 3.63) is 34.4 Å². The SMILES string of the molecule is [Cr+3].[NH-]CC[NH-].[NH-]CC[NH-].[NH-]CC[NH-].[O-][Cl+3]([O-])([O-])O. The van der Waals surface area contributed by atoms with Crippen LogP contribution in [0.25, 0.3) is 34.4 Å². The van der Waals surface area contributed by atoms with E-state index in [0.717, 1.165) is 0 Å². The largest absolute Gasteiger partial charge is 3.00 e. The maximum atomic E-state index is 8.60. The Morgan fingerprint density at radius 2 is 0.667 bits per heavy atom. The van der Waals surface area contributed by atoms with Gasteiger partial charge in [-0.15, -0.1) is 0 Å². The first-order valence-electron chi connectivity index (χ1n) is 4.25. The monoisotopic (exact) mass is 326 g/mol. The van der Waals surface area contributed by atoms with Crippen molar-refractivity contribution in [3.8, 4) is 0 Å². The van der Waals surface area contributed by atoms with Crippen molar-refractivity contribution in [1.29, 1.82) is 0 Å². The van der Waals surface area contributed by atoms with E-state index in [1.54, 1.807) is 0 Å². The van der Waals surface area contributed by atoms with Gasteiger partial charge in [-0.05, 0) is 0 Å². The molecule has 0 rings (SSSR count). The topological polar surface area (TPSA) is 232 Å². The van der Waals surface area contributed by atoms with Crippen LogP contribution in [0.3, 0.4) is 0 Å². The van der Waals surface area contributed by atoms with Crippen molar-refractivity contribution in [2.45, 2.75) is 0 Å². The Morgan fingerprint density at radius 3 is 0.667 bits per heavy atom. The molecule has 0 saturated heterocycles. The second-order valence-corrected chi connectivity index (χ2v) is 2.69. The van der Waals surface area contributed by atoms with Crippen molar-refractivity contribution in [3.63, 3.8) is 0 Å². The minimum atomic E-state index is -4.69. The number of halogens is 1. The van der Waals surface area contributed by atoms with Gasteiger partial charge in [0.05, 0.1) is 14.9 Å². The predicted molar refractivity (Wildman–Crippen MR) is 57.4 cm³/mol. The van der Waals surface area contributed by atoms with E-state index >= 15 is 0 Å². The molecule has 0 aliphatic carbocycles. The quantitative estimate of drug-likeness (QED) is 0.696. The first kappa shape index (κ1) is 31.0. The van der Waals surface area contributed by atoms with Crippen molar-refractivity contribution >= 4 is 0 Å². The Hall–Kier alpha value is 0.422. The first-order valence-corrected chi connectivity index (χ1v) is 5.52. The molecule has 7 N–H and O–H groups in total. The van der Waals surface area contributed by atoms with Gasteiger partial charge in [0.2, 0.25) is 0 Å². The second kappa shape index (κ2) is 30.4. The summed E-state index contributed by atoms with van der Waals surface area (Å²) >= 11 is 0. The molecule has 1 radical (unpaired) electrons. The number of hydrogen-bond donors (Lipinski definition) is 1. The van der Waals surface area contributed by atoms with Crippen LogP contribution in [0.1, 0.15) is 0 Å². The number of nitrogens with one attached hydrogen (secondary N) is 6. The molecule has 0 saturated carbocycles. The van der Waals surface area contributed by atoms with E-state index < -0.39 is 10.2 Å². The average molecular weight is 327 g/mol. The van der Waals surface area contributed by atoms with E-state index in [-0.39, 0.29) is 56.6 Å². The number of hydrogen-bond acceptors (Lipinski definition) is 4.